The van der Waals surface area contributed by atoms with Crippen molar-refractivity contribution in [3.8, 4) is 5.75 Å². The smallest absolute Gasteiger partial charge is 0.119 e. The summed E-state index contributed by atoms with van der Waals surface area (Å²) in [7, 11) is 0. The van der Waals surface area contributed by atoms with Crippen LogP contribution in [0, 0.1) is 0 Å². The Kier molecular flexibility index (Phi) is 3.35. The average Bonchev–Trinajstić information content (AvgIpc) is 2.08. The van der Waals surface area contributed by atoms with Crippen LogP contribution in [0.15, 0.2) is 18.2 Å². The van der Waals surface area contributed by atoms with Gasteiger partial charge in [0.05, 0.1) is 0 Å². The van der Waals surface area contributed by atoms with Crippen LogP contribution < -0.4 is 0 Å². The first kappa shape index (κ1) is 10.1. The van der Waals surface area contributed by atoms with Gasteiger partial charge in [0.15, 0.2) is 0 Å². The number of phenolic OH excluding ortho intramolecular Hbond substituents is 1. The SMILES string of the molecule is CCCc1ccc(C(C)C)cc1O. The molecular formula is C12H18O. The summed E-state index contributed by atoms with van der Waals surface area (Å²) < 4.78 is 0. The minimum Gasteiger partial charge on any atom is -0.508 e. The molecule has 0 bridgehead atoms. The molecule has 1 nitrogen and oxygen atoms in total. The number of aromatic hydroxyl groups is 1. The summed E-state index contributed by atoms with van der Waals surface area (Å²) in [5.41, 5.74) is 2.27. The first-order valence-corrected chi connectivity index (χ1v) is 4.97. The van der Waals surface area contributed by atoms with E-state index in [4.69, 9.17) is 0 Å². The lowest BCUT2D eigenvalue weighted by molar-refractivity contribution is 0.466. The fourth-order valence-corrected chi connectivity index (χ4v) is 1.42. The molecule has 13 heavy (non-hydrogen) atoms. The van der Waals surface area contributed by atoms with Crippen LogP contribution in [0.1, 0.15) is 44.2 Å². The molecule has 0 aliphatic heterocycles. The van der Waals surface area contributed by atoms with Crippen molar-refractivity contribution in [3.63, 3.8) is 0 Å². The first-order chi connectivity index (χ1) is 6.15. The molecule has 1 N–H and O–H groups in total. The maximum absolute atomic E-state index is 9.67. The van der Waals surface area contributed by atoms with Gasteiger partial charge in [0.2, 0.25) is 0 Å². The Balaban J connectivity index is 2.92. The Hall–Kier alpha value is -0.980. The van der Waals surface area contributed by atoms with Crippen LogP contribution >= 0.6 is 0 Å². The van der Waals surface area contributed by atoms with E-state index in [1.165, 1.54) is 5.56 Å². The van der Waals surface area contributed by atoms with Crippen molar-refractivity contribution >= 4 is 0 Å². The topological polar surface area (TPSA) is 20.2 Å². The molecule has 0 atom stereocenters. The number of aryl methyl sites for hydroxylation is 1. The van der Waals surface area contributed by atoms with Crippen molar-refractivity contribution in [2.75, 3.05) is 0 Å². The predicted octanol–water partition coefficient (Wildman–Crippen LogP) is 3.47. The van der Waals surface area contributed by atoms with Gasteiger partial charge in [0.25, 0.3) is 0 Å². The quantitative estimate of drug-likeness (QED) is 0.751. The van der Waals surface area contributed by atoms with E-state index in [2.05, 4.69) is 26.8 Å². The second kappa shape index (κ2) is 4.31. The van der Waals surface area contributed by atoms with E-state index in [1.807, 2.05) is 12.1 Å². The zero-order valence-corrected chi connectivity index (χ0v) is 8.67. The molecule has 1 rings (SSSR count). The third-order valence-corrected chi connectivity index (χ3v) is 2.30. The fraction of sp³-hybridized carbons (Fsp3) is 0.500. The van der Waals surface area contributed by atoms with E-state index < -0.39 is 0 Å². The second-order valence-corrected chi connectivity index (χ2v) is 3.79. The number of rotatable bonds is 3. The highest BCUT2D eigenvalue weighted by Crippen LogP contribution is 2.24. The van der Waals surface area contributed by atoms with Gasteiger partial charge in [0.1, 0.15) is 5.75 Å². The molecule has 0 fully saturated rings. The second-order valence-electron chi connectivity index (χ2n) is 3.79. The molecule has 0 spiro atoms. The lowest BCUT2D eigenvalue weighted by atomic mass is 9.99. The lowest BCUT2D eigenvalue weighted by Gasteiger charge is -2.08. The minimum absolute atomic E-state index is 0.452. The van der Waals surface area contributed by atoms with E-state index in [0.717, 1.165) is 18.4 Å². The molecule has 72 valence electrons. The molecule has 0 unspecified atom stereocenters. The maximum Gasteiger partial charge on any atom is 0.119 e. The van der Waals surface area contributed by atoms with Crippen molar-refractivity contribution in [2.45, 2.75) is 39.5 Å². The van der Waals surface area contributed by atoms with E-state index in [0.29, 0.717) is 11.7 Å². The van der Waals surface area contributed by atoms with Gasteiger partial charge in [-0.2, -0.15) is 0 Å². The van der Waals surface area contributed by atoms with Crippen molar-refractivity contribution in [3.05, 3.63) is 29.3 Å². The molecule has 0 saturated heterocycles. The normalized spacial score (nSPS) is 10.8. The Labute approximate surface area is 80.4 Å². The van der Waals surface area contributed by atoms with Crippen molar-refractivity contribution in [1.29, 1.82) is 0 Å². The molecule has 0 saturated carbocycles. The van der Waals surface area contributed by atoms with Crippen LogP contribution in [0.4, 0.5) is 0 Å². The summed E-state index contributed by atoms with van der Waals surface area (Å²) in [5, 5.41) is 9.67. The van der Waals surface area contributed by atoms with Gasteiger partial charge in [-0.15, -0.1) is 0 Å². The van der Waals surface area contributed by atoms with Gasteiger partial charge in [-0.05, 0) is 29.5 Å². The van der Waals surface area contributed by atoms with Crippen LogP contribution in [0.2, 0.25) is 0 Å². The summed E-state index contributed by atoms with van der Waals surface area (Å²) in [6, 6.07) is 6.03. The van der Waals surface area contributed by atoms with Crippen molar-refractivity contribution in [1.82, 2.24) is 0 Å². The Morgan fingerprint density at radius 2 is 2.00 bits per heavy atom. The van der Waals surface area contributed by atoms with Crippen LogP contribution in [0.3, 0.4) is 0 Å². The minimum atomic E-state index is 0.452. The summed E-state index contributed by atoms with van der Waals surface area (Å²) in [6.07, 6.45) is 2.04. The molecule has 1 heteroatoms. The first-order valence-electron chi connectivity index (χ1n) is 4.97. The number of benzene rings is 1. The van der Waals surface area contributed by atoms with E-state index in [9.17, 15) is 5.11 Å². The molecule has 0 aromatic heterocycles. The average molecular weight is 178 g/mol. The molecular weight excluding hydrogens is 160 g/mol. The molecule has 0 radical (unpaired) electrons. The lowest BCUT2D eigenvalue weighted by Crippen LogP contribution is -1.90. The molecule has 0 amide bonds. The maximum atomic E-state index is 9.67. The number of hydrogen-bond acceptors (Lipinski definition) is 1. The monoisotopic (exact) mass is 178 g/mol. The summed E-state index contributed by atoms with van der Waals surface area (Å²) >= 11 is 0. The highest BCUT2D eigenvalue weighted by Gasteiger charge is 2.03. The van der Waals surface area contributed by atoms with E-state index >= 15 is 0 Å². The zero-order chi connectivity index (χ0) is 9.84. The van der Waals surface area contributed by atoms with Gasteiger partial charge in [-0.1, -0.05) is 39.3 Å². The third-order valence-electron chi connectivity index (χ3n) is 2.30. The van der Waals surface area contributed by atoms with Crippen LogP contribution in [-0.2, 0) is 6.42 Å². The molecule has 1 aromatic carbocycles. The van der Waals surface area contributed by atoms with Gasteiger partial charge in [-0.25, -0.2) is 0 Å². The molecule has 0 heterocycles. The standard InChI is InChI=1S/C12H18O/c1-4-5-10-6-7-11(9(2)3)8-12(10)13/h6-9,13H,4-5H2,1-3H3. The Morgan fingerprint density at radius 1 is 1.31 bits per heavy atom. The summed E-state index contributed by atoms with van der Waals surface area (Å²) in [4.78, 5) is 0. The Bertz CT molecular complexity index is 276. The highest BCUT2D eigenvalue weighted by molar-refractivity contribution is 5.37. The fourth-order valence-electron chi connectivity index (χ4n) is 1.42. The Morgan fingerprint density at radius 3 is 2.46 bits per heavy atom. The van der Waals surface area contributed by atoms with Gasteiger partial charge >= 0.3 is 0 Å². The van der Waals surface area contributed by atoms with Crippen molar-refractivity contribution < 1.29 is 5.11 Å². The molecule has 0 aliphatic rings. The van der Waals surface area contributed by atoms with E-state index in [1.54, 1.807) is 0 Å². The van der Waals surface area contributed by atoms with Crippen LogP contribution in [0.25, 0.3) is 0 Å². The van der Waals surface area contributed by atoms with Gasteiger partial charge < -0.3 is 5.11 Å². The number of hydrogen-bond donors (Lipinski definition) is 1. The summed E-state index contributed by atoms with van der Waals surface area (Å²) in [6.45, 7) is 6.39. The van der Waals surface area contributed by atoms with Gasteiger partial charge in [0, 0.05) is 0 Å². The number of phenols is 1. The van der Waals surface area contributed by atoms with Gasteiger partial charge in [-0.3, -0.25) is 0 Å². The zero-order valence-electron chi connectivity index (χ0n) is 8.67. The van der Waals surface area contributed by atoms with Crippen LogP contribution in [0.5, 0.6) is 5.75 Å². The molecule has 1 aromatic rings. The van der Waals surface area contributed by atoms with Crippen molar-refractivity contribution in [2.24, 2.45) is 0 Å². The van der Waals surface area contributed by atoms with E-state index in [-0.39, 0.29) is 0 Å². The highest BCUT2D eigenvalue weighted by atomic mass is 16.3. The third kappa shape index (κ3) is 2.48. The largest absolute Gasteiger partial charge is 0.508 e. The molecule has 0 aliphatic carbocycles. The predicted molar refractivity (Wildman–Crippen MR) is 56.2 cm³/mol. The summed E-state index contributed by atoms with van der Waals surface area (Å²) in [5.74, 6) is 0.939. The van der Waals surface area contributed by atoms with Crippen LogP contribution in [-0.4, -0.2) is 5.11 Å².